The van der Waals surface area contributed by atoms with Crippen LogP contribution in [0.15, 0.2) is 54.2 Å². The number of hydrogen-bond donors (Lipinski definition) is 1. The van der Waals surface area contributed by atoms with Crippen LogP contribution in [0.25, 0.3) is 5.69 Å². The number of benzene rings is 1. The standard InChI is InChI=1S/C22H28N4OS/c1-18-5-6-22(26-9-3-8-23-26)19(14-18)15-24-10-11-25(20(16-24)7-12-27)17-21-4-2-13-28-21/h2-6,8-9,13-14,20,27H,7,10-12,15-17H2,1H3/t20-/m1/s1. The molecule has 1 aliphatic rings. The van der Waals surface area contributed by atoms with Crippen molar-refractivity contribution in [3.05, 3.63) is 70.2 Å². The highest BCUT2D eigenvalue weighted by molar-refractivity contribution is 7.09. The molecule has 2 aromatic heterocycles. The van der Waals surface area contributed by atoms with Crippen LogP contribution in [0.1, 0.15) is 22.4 Å². The summed E-state index contributed by atoms with van der Waals surface area (Å²) in [6.45, 7) is 7.33. The third-order valence-electron chi connectivity index (χ3n) is 5.47. The molecule has 1 aliphatic heterocycles. The minimum Gasteiger partial charge on any atom is -0.396 e. The summed E-state index contributed by atoms with van der Waals surface area (Å²) in [5.41, 5.74) is 3.72. The number of thiophene rings is 1. The van der Waals surface area contributed by atoms with E-state index >= 15 is 0 Å². The molecule has 0 aliphatic carbocycles. The van der Waals surface area contributed by atoms with Gasteiger partial charge in [0.05, 0.1) is 5.69 Å². The van der Waals surface area contributed by atoms with Crippen LogP contribution in [0.2, 0.25) is 0 Å². The van der Waals surface area contributed by atoms with Crippen molar-refractivity contribution in [3.63, 3.8) is 0 Å². The molecule has 28 heavy (non-hydrogen) atoms. The van der Waals surface area contributed by atoms with E-state index in [1.807, 2.05) is 34.5 Å². The average molecular weight is 397 g/mol. The molecule has 0 spiro atoms. The van der Waals surface area contributed by atoms with Gasteiger partial charge in [0.2, 0.25) is 0 Å². The number of aryl methyl sites for hydroxylation is 1. The smallest absolute Gasteiger partial charge is 0.0690 e. The van der Waals surface area contributed by atoms with E-state index in [1.54, 1.807) is 0 Å². The molecule has 1 saturated heterocycles. The Morgan fingerprint density at radius 2 is 2.11 bits per heavy atom. The zero-order valence-electron chi connectivity index (χ0n) is 16.4. The molecule has 148 valence electrons. The topological polar surface area (TPSA) is 44.5 Å². The van der Waals surface area contributed by atoms with Crippen molar-refractivity contribution in [1.29, 1.82) is 0 Å². The Morgan fingerprint density at radius 1 is 1.18 bits per heavy atom. The molecule has 1 atom stereocenters. The summed E-state index contributed by atoms with van der Waals surface area (Å²) >= 11 is 1.81. The second-order valence-corrected chi connectivity index (χ2v) is 8.57. The minimum atomic E-state index is 0.239. The van der Waals surface area contributed by atoms with Gasteiger partial charge in [-0.05, 0) is 42.5 Å². The molecule has 0 unspecified atom stereocenters. The third kappa shape index (κ3) is 4.52. The van der Waals surface area contributed by atoms with E-state index in [1.165, 1.54) is 16.0 Å². The summed E-state index contributed by atoms with van der Waals surface area (Å²) in [5.74, 6) is 0. The summed E-state index contributed by atoms with van der Waals surface area (Å²) in [7, 11) is 0. The molecule has 6 heteroatoms. The number of nitrogens with zero attached hydrogens (tertiary/aromatic N) is 4. The monoisotopic (exact) mass is 396 g/mol. The molecule has 3 aromatic rings. The highest BCUT2D eigenvalue weighted by atomic mass is 32.1. The van der Waals surface area contributed by atoms with E-state index < -0.39 is 0 Å². The van der Waals surface area contributed by atoms with Gasteiger partial charge < -0.3 is 5.11 Å². The van der Waals surface area contributed by atoms with Crippen LogP contribution >= 0.6 is 11.3 Å². The first-order valence-electron chi connectivity index (χ1n) is 9.92. The summed E-state index contributed by atoms with van der Waals surface area (Å²) in [6, 6.07) is 13.3. The molecule has 5 nitrogen and oxygen atoms in total. The zero-order valence-corrected chi connectivity index (χ0v) is 17.2. The maximum absolute atomic E-state index is 9.59. The first-order chi connectivity index (χ1) is 13.7. The second kappa shape index (κ2) is 9.01. The Morgan fingerprint density at radius 3 is 2.86 bits per heavy atom. The Hall–Kier alpha value is -1.99. The molecule has 1 fully saturated rings. The van der Waals surface area contributed by atoms with Gasteiger partial charge in [-0.3, -0.25) is 9.80 Å². The predicted octanol–water partition coefficient (Wildman–Crippen LogP) is 3.31. The van der Waals surface area contributed by atoms with Crippen molar-refractivity contribution in [2.75, 3.05) is 26.2 Å². The van der Waals surface area contributed by atoms with Crippen molar-refractivity contribution >= 4 is 11.3 Å². The van der Waals surface area contributed by atoms with Gasteiger partial charge in [0, 0.05) is 62.6 Å². The molecule has 0 saturated carbocycles. The number of aromatic nitrogens is 2. The lowest BCUT2D eigenvalue weighted by atomic mass is 10.1. The fraction of sp³-hybridized carbons (Fsp3) is 0.409. The fourth-order valence-corrected chi connectivity index (χ4v) is 4.78. The van der Waals surface area contributed by atoms with Crippen LogP contribution < -0.4 is 0 Å². The number of aliphatic hydroxyl groups excluding tert-OH is 1. The van der Waals surface area contributed by atoms with Gasteiger partial charge in [-0.2, -0.15) is 5.10 Å². The summed E-state index contributed by atoms with van der Waals surface area (Å²) in [4.78, 5) is 6.45. The second-order valence-electron chi connectivity index (χ2n) is 7.53. The Balaban J connectivity index is 1.48. The molecule has 0 radical (unpaired) electrons. The quantitative estimate of drug-likeness (QED) is 0.665. The number of rotatable bonds is 7. The van der Waals surface area contributed by atoms with Crippen molar-refractivity contribution in [3.8, 4) is 5.69 Å². The van der Waals surface area contributed by atoms with E-state index in [-0.39, 0.29) is 6.61 Å². The van der Waals surface area contributed by atoms with Crippen LogP contribution in [-0.4, -0.2) is 57.0 Å². The number of hydrogen-bond acceptors (Lipinski definition) is 5. The van der Waals surface area contributed by atoms with Gasteiger partial charge >= 0.3 is 0 Å². The van der Waals surface area contributed by atoms with Gasteiger partial charge in [-0.15, -0.1) is 11.3 Å². The van der Waals surface area contributed by atoms with Gasteiger partial charge in [0.15, 0.2) is 0 Å². The maximum atomic E-state index is 9.59. The molecule has 1 N–H and O–H groups in total. The fourth-order valence-electron chi connectivity index (χ4n) is 4.05. The van der Waals surface area contributed by atoms with Crippen LogP contribution in [0.3, 0.4) is 0 Å². The minimum absolute atomic E-state index is 0.239. The van der Waals surface area contributed by atoms with E-state index in [9.17, 15) is 5.11 Å². The van der Waals surface area contributed by atoms with Crippen LogP contribution in [0.5, 0.6) is 0 Å². The lowest BCUT2D eigenvalue weighted by molar-refractivity contribution is 0.0506. The molecule has 3 heterocycles. The molecule has 4 rings (SSSR count). The van der Waals surface area contributed by atoms with Crippen molar-refractivity contribution < 1.29 is 5.11 Å². The largest absolute Gasteiger partial charge is 0.396 e. The van der Waals surface area contributed by atoms with Crippen molar-refractivity contribution in [2.24, 2.45) is 0 Å². The summed E-state index contributed by atoms with van der Waals surface area (Å²) < 4.78 is 1.95. The molecule has 1 aromatic carbocycles. The van der Waals surface area contributed by atoms with Crippen molar-refractivity contribution in [2.45, 2.75) is 32.5 Å². The maximum Gasteiger partial charge on any atom is 0.0690 e. The summed E-state index contributed by atoms with van der Waals surface area (Å²) in [6.07, 6.45) is 4.65. The van der Waals surface area contributed by atoms with Gasteiger partial charge in [0.25, 0.3) is 0 Å². The zero-order chi connectivity index (χ0) is 19.3. The number of piperazine rings is 1. The lowest BCUT2D eigenvalue weighted by Gasteiger charge is -2.41. The predicted molar refractivity (Wildman–Crippen MR) is 114 cm³/mol. The van der Waals surface area contributed by atoms with Gasteiger partial charge in [-0.25, -0.2) is 4.68 Å². The van der Waals surface area contributed by atoms with E-state index in [0.29, 0.717) is 6.04 Å². The van der Waals surface area contributed by atoms with Crippen molar-refractivity contribution in [1.82, 2.24) is 19.6 Å². The lowest BCUT2D eigenvalue weighted by Crippen LogP contribution is -2.52. The van der Waals surface area contributed by atoms with Gasteiger partial charge in [-0.1, -0.05) is 23.8 Å². The Kier molecular flexibility index (Phi) is 6.22. The first-order valence-corrected chi connectivity index (χ1v) is 10.8. The Labute approximate surface area is 170 Å². The van der Waals surface area contributed by atoms with Crippen LogP contribution in [0, 0.1) is 6.92 Å². The highest BCUT2D eigenvalue weighted by Crippen LogP contribution is 2.23. The van der Waals surface area contributed by atoms with Crippen LogP contribution in [0.4, 0.5) is 0 Å². The third-order valence-corrected chi connectivity index (χ3v) is 6.33. The molecular formula is C22H28N4OS. The summed E-state index contributed by atoms with van der Waals surface area (Å²) in [5, 5.41) is 16.2. The molecular weight excluding hydrogens is 368 g/mol. The SMILES string of the molecule is Cc1ccc(-n2cccn2)c(CN2CCN(Cc3cccs3)[C@H](CCO)C2)c1. The van der Waals surface area contributed by atoms with E-state index in [4.69, 9.17) is 0 Å². The Bertz CT molecular complexity index is 863. The highest BCUT2D eigenvalue weighted by Gasteiger charge is 2.27. The molecule has 0 amide bonds. The normalized spacial score (nSPS) is 18.6. The van der Waals surface area contributed by atoms with Gasteiger partial charge in [0.1, 0.15) is 0 Å². The number of aliphatic hydroxyl groups is 1. The van der Waals surface area contributed by atoms with E-state index in [2.05, 4.69) is 57.5 Å². The average Bonchev–Trinajstić information content (AvgIpc) is 3.38. The first kappa shape index (κ1) is 19.3. The van der Waals surface area contributed by atoms with Crippen LogP contribution in [-0.2, 0) is 13.1 Å². The molecule has 0 bridgehead atoms. The van der Waals surface area contributed by atoms with E-state index in [0.717, 1.165) is 44.8 Å².